The van der Waals surface area contributed by atoms with Gasteiger partial charge in [-0.15, -0.1) is 0 Å². The Bertz CT molecular complexity index is 380. The van der Waals surface area contributed by atoms with E-state index in [1.807, 2.05) is 0 Å². The molecule has 1 aromatic rings. The van der Waals surface area contributed by atoms with Gasteiger partial charge in [0.2, 0.25) is 5.91 Å². The van der Waals surface area contributed by atoms with Gasteiger partial charge in [-0.3, -0.25) is 4.79 Å². The van der Waals surface area contributed by atoms with E-state index in [1.54, 1.807) is 24.3 Å². The van der Waals surface area contributed by atoms with Crippen LogP contribution in [0.1, 0.15) is 0 Å². The van der Waals surface area contributed by atoms with E-state index in [4.69, 9.17) is 16.3 Å². The van der Waals surface area contributed by atoms with Gasteiger partial charge in [0, 0.05) is 10.7 Å². The molecule has 2 rings (SSSR count). The summed E-state index contributed by atoms with van der Waals surface area (Å²) in [6, 6.07) is 7.39. The number of amides is 1. The molecule has 0 spiro atoms. The normalized spacial score (nSPS) is 15.6. The lowest BCUT2D eigenvalue weighted by Crippen LogP contribution is -2.48. The zero-order valence-corrected chi connectivity index (χ0v) is 9.46. The Kier molecular flexibility index (Phi) is 3.77. The van der Waals surface area contributed by atoms with Crippen LogP contribution in [0.25, 0.3) is 0 Å². The third kappa shape index (κ3) is 3.20. The number of ether oxygens (including phenoxy) is 1. The molecule has 0 aromatic heterocycles. The Labute approximate surface area is 98.9 Å². The molecule has 16 heavy (non-hydrogen) atoms. The molecule has 0 saturated carbocycles. The molecular formula is C11H13ClN2O2. The van der Waals surface area contributed by atoms with Crippen LogP contribution >= 0.6 is 11.6 Å². The molecule has 0 bridgehead atoms. The minimum Gasteiger partial charge on any atom is -0.378 e. The molecule has 0 atom stereocenters. The summed E-state index contributed by atoms with van der Waals surface area (Å²) in [5.74, 6) is -0.0748. The van der Waals surface area contributed by atoms with Crippen LogP contribution in [0.4, 0.5) is 5.69 Å². The van der Waals surface area contributed by atoms with Gasteiger partial charge in [-0.1, -0.05) is 17.7 Å². The molecule has 1 aromatic carbocycles. The van der Waals surface area contributed by atoms with Crippen LogP contribution in [0.5, 0.6) is 0 Å². The van der Waals surface area contributed by atoms with Crippen molar-refractivity contribution in [3.8, 4) is 0 Å². The third-order valence-corrected chi connectivity index (χ3v) is 2.53. The Morgan fingerprint density at radius 2 is 2.31 bits per heavy atom. The Morgan fingerprint density at radius 3 is 2.94 bits per heavy atom. The number of hydrogen-bond acceptors (Lipinski definition) is 3. The molecular weight excluding hydrogens is 228 g/mol. The summed E-state index contributed by atoms with van der Waals surface area (Å²) in [4.78, 5) is 11.5. The average Bonchev–Trinajstić information content (AvgIpc) is 2.15. The number of halogens is 1. The first-order valence-corrected chi connectivity index (χ1v) is 5.48. The van der Waals surface area contributed by atoms with E-state index in [0.717, 1.165) is 0 Å². The van der Waals surface area contributed by atoms with Gasteiger partial charge in [0.25, 0.3) is 0 Å². The third-order valence-electron chi connectivity index (χ3n) is 2.30. The topological polar surface area (TPSA) is 50.4 Å². The summed E-state index contributed by atoms with van der Waals surface area (Å²) in [6.45, 7) is 1.66. The van der Waals surface area contributed by atoms with E-state index in [9.17, 15) is 4.79 Å². The maximum absolute atomic E-state index is 11.5. The fourth-order valence-corrected chi connectivity index (χ4v) is 1.55. The number of hydrogen-bond donors (Lipinski definition) is 2. The highest BCUT2D eigenvalue weighted by Crippen LogP contribution is 2.14. The molecule has 0 aliphatic carbocycles. The molecule has 1 fully saturated rings. The van der Waals surface area contributed by atoms with Gasteiger partial charge in [0.15, 0.2) is 0 Å². The van der Waals surface area contributed by atoms with E-state index in [-0.39, 0.29) is 5.91 Å². The molecule has 5 heteroatoms. The van der Waals surface area contributed by atoms with Crippen molar-refractivity contribution in [2.75, 3.05) is 25.1 Å². The molecule has 1 aliphatic rings. The van der Waals surface area contributed by atoms with Crippen LogP contribution in [0.3, 0.4) is 0 Å². The number of anilines is 1. The molecule has 1 amide bonds. The summed E-state index contributed by atoms with van der Waals surface area (Å²) in [6.07, 6.45) is 0. The highest BCUT2D eigenvalue weighted by atomic mass is 35.5. The first-order valence-electron chi connectivity index (χ1n) is 5.10. The van der Waals surface area contributed by atoms with E-state index in [0.29, 0.717) is 36.5 Å². The van der Waals surface area contributed by atoms with Gasteiger partial charge in [-0.05, 0) is 18.2 Å². The predicted molar refractivity (Wildman–Crippen MR) is 62.7 cm³/mol. The molecule has 86 valence electrons. The Hall–Kier alpha value is -1.10. The predicted octanol–water partition coefficient (Wildman–Crippen LogP) is 1.27. The number of carbonyl (C=O) groups excluding carboxylic acids is 1. The van der Waals surface area contributed by atoms with Gasteiger partial charge in [-0.25, -0.2) is 0 Å². The molecule has 4 nitrogen and oxygen atoms in total. The molecule has 1 aliphatic heterocycles. The lowest BCUT2D eigenvalue weighted by Gasteiger charge is -2.26. The second kappa shape index (κ2) is 5.30. The monoisotopic (exact) mass is 240 g/mol. The van der Waals surface area contributed by atoms with Gasteiger partial charge >= 0.3 is 0 Å². The number of carbonyl (C=O) groups is 1. The quantitative estimate of drug-likeness (QED) is 0.833. The van der Waals surface area contributed by atoms with Crippen molar-refractivity contribution in [1.29, 1.82) is 0 Å². The van der Waals surface area contributed by atoms with Crippen LogP contribution in [0.2, 0.25) is 5.02 Å². The second-order valence-corrected chi connectivity index (χ2v) is 4.11. The molecule has 0 unspecified atom stereocenters. The average molecular weight is 241 g/mol. The first-order chi connectivity index (χ1) is 7.74. The van der Waals surface area contributed by atoms with Crippen molar-refractivity contribution in [2.45, 2.75) is 6.04 Å². The molecule has 1 heterocycles. The maximum atomic E-state index is 11.5. The van der Waals surface area contributed by atoms with Crippen LogP contribution < -0.4 is 10.6 Å². The zero-order valence-electron chi connectivity index (χ0n) is 8.70. The van der Waals surface area contributed by atoms with E-state index in [1.165, 1.54) is 0 Å². The number of rotatable bonds is 4. The molecule has 0 radical (unpaired) electrons. The van der Waals surface area contributed by atoms with Crippen LogP contribution in [-0.2, 0) is 9.53 Å². The SMILES string of the molecule is O=C(CNC1COC1)Nc1cccc(Cl)c1. The lowest BCUT2D eigenvalue weighted by molar-refractivity contribution is -0.116. The first kappa shape index (κ1) is 11.4. The van der Waals surface area contributed by atoms with Crippen molar-refractivity contribution >= 4 is 23.2 Å². The van der Waals surface area contributed by atoms with Crippen molar-refractivity contribution in [2.24, 2.45) is 0 Å². The van der Waals surface area contributed by atoms with Gasteiger partial charge in [0.1, 0.15) is 0 Å². The van der Waals surface area contributed by atoms with Crippen molar-refractivity contribution < 1.29 is 9.53 Å². The summed E-state index contributed by atoms with van der Waals surface area (Å²) >= 11 is 5.80. The van der Waals surface area contributed by atoms with Gasteiger partial charge in [0.05, 0.1) is 25.8 Å². The highest BCUT2D eigenvalue weighted by molar-refractivity contribution is 6.30. The highest BCUT2D eigenvalue weighted by Gasteiger charge is 2.18. The van der Waals surface area contributed by atoms with Gasteiger partial charge < -0.3 is 15.4 Å². The van der Waals surface area contributed by atoms with Crippen LogP contribution in [-0.4, -0.2) is 31.7 Å². The summed E-state index contributed by atoms with van der Waals surface area (Å²) in [5, 5.41) is 6.45. The van der Waals surface area contributed by atoms with Crippen LogP contribution in [0.15, 0.2) is 24.3 Å². The minimum atomic E-state index is -0.0748. The zero-order chi connectivity index (χ0) is 11.4. The Balaban J connectivity index is 1.77. The van der Waals surface area contributed by atoms with Crippen LogP contribution in [0, 0.1) is 0 Å². The second-order valence-electron chi connectivity index (χ2n) is 3.67. The fourth-order valence-electron chi connectivity index (χ4n) is 1.36. The largest absolute Gasteiger partial charge is 0.378 e. The van der Waals surface area contributed by atoms with Crippen molar-refractivity contribution in [1.82, 2.24) is 5.32 Å². The number of nitrogens with one attached hydrogen (secondary N) is 2. The smallest absolute Gasteiger partial charge is 0.238 e. The van der Waals surface area contributed by atoms with Gasteiger partial charge in [-0.2, -0.15) is 0 Å². The lowest BCUT2D eigenvalue weighted by atomic mass is 10.2. The number of benzene rings is 1. The molecule has 1 saturated heterocycles. The van der Waals surface area contributed by atoms with Crippen molar-refractivity contribution in [3.63, 3.8) is 0 Å². The van der Waals surface area contributed by atoms with Crippen molar-refractivity contribution in [3.05, 3.63) is 29.3 Å². The van der Waals surface area contributed by atoms with E-state index < -0.39 is 0 Å². The summed E-state index contributed by atoms with van der Waals surface area (Å²) < 4.78 is 4.99. The summed E-state index contributed by atoms with van der Waals surface area (Å²) in [7, 11) is 0. The Morgan fingerprint density at radius 1 is 1.50 bits per heavy atom. The van der Waals surface area contributed by atoms with E-state index in [2.05, 4.69) is 10.6 Å². The fraction of sp³-hybridized carbons (Fsp3) is 0.364. The standard InChI is InChI=1S/C11H13ClN2O2/c12-8-2-1-3-9(4-8)14-11(15)5-13-10-6-16-7-10/h1-4,10,13H,5-7H2,(H,14,15). The minimum absolute atomic E-state index is 0.0748. The van der Waals surface area contributed by atoms with E-state index >= 15 is 0 Å². The maximum Gasteiger partial charge on any atom is 0.238 e. The summed E-state index contributed by atoms with van der Waals surface area (Å²) in [5.41, 5.74) is 0.712. The molecule has 2 N–H and O–H groups in total.